The number of rotatable bonds is 4. The first-order valence-electron chi connectivity index (χ1n) is 7.76. The van der Waals surface area contributed by atoms with Gasteiger partial charge in [0.05, 0.1) is 0 Å². The lowest BCUT2D eigenvalue weighted by molar-refractivity contribution is -0.135. The molecular formula is C15H21N3O3. The Morgan fingerprint density at radius 1 is 1.14 bits per heavy atom. The molecule has 2 saturated carbocycles. The van der Waals surface area contributed by atoms with Crippen LogP contribution in [0.25, 0.3) is 0 Å². The van der Waals surface area contributed by atoms with Crippen molar-refractivity contribution in [2.24, 2.45) is 0 Å². The van der Waals surface area contributed by atoms with Crippen molar-refractivity contribution in [3.05, 3.63) is 33.1 Å². The summed E-state index contributed by atoms with van der Waals surface area (Å²) in [5.41, 5.74) is -0.953. The highest BCUT2D eigenvalue weighted by molar-refractivity contribution is 5.77. The Morgan fingerprint density at radius 3 is 2.43 bits per heavy atom. The van der Waals surface area contributed by atoms with Crippen molar-refractivity contribution in [1.82, 2.24) is 14.5 Å². The minimum absolute atomic E-state index is 0.00134. The molecule has 0 atom stereocenters. The lowest BCUT2D eigenvalue weighted by Crippen LogP contribution is -2.46. The van der Waals surface area contributed by atoms with Crippen molar-refractivity contribution in [1.29, 1.82) is 0 Å². The lowest BCUT2D eigenvalue weighted by Gasteiger charge is -2.34. The van der Waals surface area contributed by atoms with E-state index in [0.29, 0.717) is 12.1 Å². The predicted octanol–water partition coefficient (Wildman–Crippen LogP) is 0.860. The van der Waals surface area contributed by atoms with Crippen LogP contribution in [0.4, 0.5) is 0 Å². The summed E-state index contributed by atoms with van der Waals surface area (Å²) in [4.78, 5) is 39.6. The number of nitrogens with zero attached hydrogens (tertiary/aromatic N) is 2. The first-order chi connectivity index (χ1) is 10.1. The molecule has 3 rings (SSSR count). The van der Waals surface area contributed by atoms with Gasteiger partial charge in [0.25, 0.3) is 5.56 Å². The van der Waals surface area contributed by atoms with Crippen LogP contribution in [0.3, 0.4) is 0 Å². The second-order valence-electron chi connectivity index (χ2n) is 6.06. The molecule has 6 nitrogen and oxygen atoms in total. The Hall–Kier alpha value is -1.85. The summed E-state index contributed by atoms with van der Waals surface area (Å²) >= 11 is 0. The second-order valence-corrected chi connectivity index (χ2v) is 6.06. The number of amides is 1. The van der Waals surface area contributed by atoms with E-state index in [4.69, 9.17) is 0 Å². The third kappa shape index (κ3) is 3.25. The van der Waals surface area contributed by atoms with Crippen LogP contribution in [-0.2, 0) is 11.3 Å². The molecule has 1 aromatic heterocycles. The summed E-state index contributed by atoms with van der Waals surface area (Å²) in [6.07, 6.45) is 9.30. The van der Waals surface area contributed by atoms with Gasteiger partial charge in [0.2, 0.25) is 5.91 Å². The van der Waals surface area contributed by atoms with E-state index < -0.39 is 11.2 Å². The van der Waals surface area contributed by atoms with Gasteiger partial charge in [-0.2, -0.15) is 0 Å². The van der Waals surface area contributed by atoms with Gasteiger partial charge in [0.15, 0.2) is 0 Å². The highest BCUT2D eigenvalue weighted by atomic mass is 16.2. The van der Waals surface area contributed by atoms with Gasteiger partial charge in [-0.15, -0.1) is 0 Å². The monoisotopic (exact) mass is 291 g/mol. The van der Waals surface area contributed by atoms with E-state index in [2.05, 4.69) is 4.98 Å². The maximum atomic E-state index is 12.6. The average molecular weight is 291 g/mol. The summed E-state index contributed by atoms with van der Waals surface area (Å²) in [5.74, 6) is -0.00134. The highest BCUT2D eigenvalue weighted by Crippen LogP contribution is 2.33. The molecule has 0 radical (unpaired) electrons. The van der Waals surface area contributed by atoms with E-state index in [1.165, 1.54) is 36.1 Å². The molecule has 2 aliphatic carbocycles. The van der Waals surface area contributed by atoms with Gasteiger partial charge < -0.3 is 4.90 Å². The Bertz CT molecular complexity index is 624. The van der Waals surface area contributed by atoms with E-state index in [1.807, 2.05) is 4.90 Å². The zero-order valence-electron chi connectivity index (χ0n) is 12.1. The Kier molecular flexibility index (Phi) is 3.94. The van der Waals surface area contributed by atoms with E-state index in [9.17, 15) is 14.4 Å². The number of hydrogen-bond donors (Lipinski definition) is 1. The van der Waals surface area contributed by atoms with Crippen molar-refractivity contribution < 1.29 is 4.79 Å². The summed E-state index contributed by atoms with van der Waals surface area (Å²) in [6.45, 7) is 0.0165. The normalized spacial score (nSPS) is 19.4. The maximum Gasteiger partial charge on any atom is 0.328 e. The molecule has 2 aliphatic rings. The predicted molar refractivity (Wildman–Crippen MR) is 78.1 cm³/mol. The molecule has 0 bridgehead atoms. The molecule has 0 saturated heterocycles. The number of carbonyl (C=O) groups is 1. The third-order valence-corrected chi connectivity index (χ3v) is 4.40. The zero-order valence-corrected chi connectivity index (χ0v) is 12.1. The van der Waals surface area contributed by atoms with Gasteiger partial charge in [-0.3, -0.25) is 19.1 Å². The standard InChI is InChI=1S/C15H21N3O3/c19-13-8-9-17(15(21)16-13)10-14(20)18(12-6-7-12)11-4-2-1-3-5-11/h8-9,11-12H,1-7,10H2,(H,16,19,21). The third-order valence-electron chi connectivity index (χ3n) is 4.40. The molecule has 114 valence electrons. The molecule has 0 aromatic carbocycles. The van der Waals surface area contributed by atoms with Crippen LogP contribution in [-0.4, -0.2) is 32.4 Å². The van der Waals surface area contributed by atoms with Crippen LogP contribution in [0, 0.1) is 0 Å². The Morgan fingerprint density at radius 2 is 1.81 bits per heavy atom. The number of carbonyl (C=O) groups excluding carboxylic acids is 1. The van der Waals surface area contributed by atoms with Gasteiger partial charge >= 0.3 is 5.69 Å². The molecule has 0 unspecified atom stereocenters. The number of hydrogen-bond acceptors (Lipinski definition) is 3. The fraction of sp³-hybridized carbons (Fsp3) is 0.667. The molecule has 0 aliphatic heterocycles. The SMILES string of the molecule is O=C(Cn1ccc(=O)[nH]c1=O)N(C1CCCCC1)C1CC1. The lowest BCUT2D eigenvalue weighted by atomic mass is 9.94. The number of aromatic amines is 1. The largest absolute Gasteiger partial charge is 0.335 e. The van der Waals surface area contributed by atoms with Gasteiger partial charge in [-0.1, -0.05) is 19.3 Å². The molecule has 1 N–H and O–H groups in total. The van der Waals surface area contributed by atoms with Crippen molar-refractivity contribution in [2.75, 3.05) is 0 Å². The van der Waals surface area contributed by atoms with Gasteiger partial charge in [-0.05, 0) is 25.7 Å². The smallest absolute Gasteiger partial charge is 0.328 e. The number of H-pyrrole nitrogens is 1. The molecule has 1 amide bonds. The van der Waals surface area contributed by atoms with Crippen LogP contribution in [0.5, 0.6) is 0 Å². The van der Waals surface area contributed by atoms with Crippen LogP contribution in [0.1, 0.15) is 44.9 Å². The number of nitrogens with one attached hydrogen (secondary N) is 1. The van der Waals surface area contributed by atoms with E-state index >= 15 is 0 Å². The number of aromatic nitrogens is 2. The quantitative estimate of drug-likeness (QED) is 0.894. The van der Waals surface area contributed by atoms with Crippen LogP contribution in [0.2, 0.25) is 0 Å². The average Bonchev–Trinajstić information content (AvgIpc) is 3.28. The highest BCUT2D eigenvalue weighted by Gasteiger charge is 2.37. The summed E-state index contributed by atoms with van der Waals surface area (Å²) < 4.78 is 1.28. The van der Waals surface area contributed by atoms with Gasteiger partial charge in [0.1, 0.15) is 6.54 Å². The molecule has 1 heterocycles. The minimum Gasteiger partial charge on any atom is -0.335 e. The molecule has 2 fully saturated rings. The zero-order chi connectivity index (χ0) is 14.8. The summed E-state index contributed by atoms with van der Waals surface area (Å²) in [5, 5.41) is 0. The molecule has 21 heavy (non-hydrogen) atoms. The van der Waals surface area contributed by atoms with Gasteiger partial charge in [-0.25, -0.2) is 4.79 Å². The molecule has 6 heteroatoms. The van der Waals surface area contributed by atoms with Crippen molar-refractivity contribution in [3.8, 4) is 0 Å². The fourth-order valence-electron chi connectivity index (χ4n) is 3.21. The minimum atomic E-state index is -0.518. The maximum absolute atomic E-state index is 12.6. The van der Waals surface area contributed by atoms with Gasteiger partial charge in [0, 0.05) is 24.3 Å². The topological polar surface area (TPSA) is 75.2 Å². The summed E-state index contributed by atoms with van der Waals surface area (Å²) in [7, 11) is 0. The summed E-state index contributed by atoms with van der Waals surface area (Å²) in [6, 6.07) is 1.97. The first-order valence-corrected chi connectivity index (χ1v) is 7.76. The molecule has 1 aromatic rings. The van der Waals surface area contributed by atoms with Crippen molar-refractivity contribution in [3.63, 3.8) is 0 Å². The van der Waals surface area contributed by atoms with E-state index in [1.54, 1.807) is 0 Å². The first kappa shape index (κ1) is 14.1. The second kappa shape index (κ2) is 5.87. The molecule has 0 spiro atoms. The molecular weight excluding hydrogens is 270 g/mol. The van der Waals surface area contributed by atoms with Crippen LogP contribution in [0.15, 0.2) is 21.9 Å². The Balaban J connectivity index is 1.75. The van der Waals surface area contributed by atoms with Crippen molar-refractivity contribution >= 4 is 5.91 Å². The fourth-order valence-corrected chi connectivity index (χ4v) is 3.21. The van der Waals surface area contributed by atoms with Crippen molar-refractivity contribution in [2.45, 2.75) is 63.6 Å². The van der Waals surface area contributed by atoms with Crippen LogP contribution >= 0.6 is 0 Å². The Labute approximate surface area is 122 Å². The van der Waals surface area contributed by atoms with E-state index in [0.717, 1.165) is 25.7 Å². The van der Waals surface area contributed by atoms with E-state index in [-0.39, 0.29) is 12.5 Å². The van der Waals surface area contributed by atoms with Crippen LogP contribution < -0.4 is 11.2 Å².